The molecule has 2 unspecified atom stereocenters. The van der Waals surface area contributed by atoms with Crippen molar-refractivity contribution < 1.29 is 37.7 Å². The third-order valence-corrected chi connectivity index (χ3v) is 9.98. The largest absolute Gasteiger partial charge is 0.486 e. The van der Waals surface area contributed by atoms with E-state index in [1.807, 2.05) is 6.92 Å². The van der Waals surface area contributed by atoms with Gasteiger partial charge < -0.3 is 25.1 Å². The number of alkyl halides is 2. The summed E-state index contributed by atoms with van der Waals surface area (Å²) >= 11 is 0. The molecule has 6 rings (SSSR count). The molecule has 1 heterocycles. The van der Waals surface area contributed by atoms with Crippen molar-refractivity contribution in [2.75, 3.05) is 12.3 Å². The van der Waals surface area contributed by atoms with Crippen LogP contribution < -0.4 is 10.5 Å². The number of carbonyl (C=O) groups excluding carboxylic acids is 2. The third kappa shape index (κ3) is 3.69. The summed E-state index contributed by atoms with van der Waals surface area (Å²) in [5.74, 6) is -2.20. The number of aliphatic hydroxyl groups excluding tert-OH is 1. The van der Waals surface area contributed by atoms with E-state index in [0.717, 1.165) is 6.42 Å². The molecule has 5 aliphatic rings. The van der Waals surface area contributed by atoms with Crippen molar-refractivity contribution in [3.8, 4) is 5.75 Å². The average molecular weight is 544 g/mol. The van der Waals surface area contributed by atoms with Gasteiger partial charge in [-0.2, -0.15) is 0 Å². The second-order valence-electron chi connectivity index (χ2n) is 11.9. The van der Waals surface area contributed by atoms with Crippen LogP contribution in [0.3, 0.4) is 0 Å². The lowest BCUT2D eigenvalue weighted by Gasteiger charge is -2.60. The fourth-order valence-corrected chi connectivity index (χ4v) is 8.19. The number of carbonyl (C=O) groups is 2. The summed E-state index contributed by atoms with van der Waals surface area (Å²) in [6, 6.07) is 6.68. The molecule has 39 heavy (non-hydrogen) atoms. The number of rotatable bonds is 6. The third-order valence-electron chi connectivity index (χ3n) is 9.98. The number of aliphatic hydroxyl groups is 1. The molecule has 3 saturated carbocycles. The maximum absolute atomic E-state index is 17.3. The van der Waals surface area contributed by atoms with Crippen LogP contribution >= 0.6 is 0 Å². The summed E-state index contributed by atoms with van der Waals surface area (Å²) in [6.07, 6.45) is 0.964. The zero-order valence-corrected chi connectivity index (χ0v) is 22.1. The van der Waals surface area contributed by atoms with Gasteiger partial charge in [-0.05, 0) is 80.5 Å². The highest BCUT2D eigenvalue weighted by atomic mass is 19.1. The fourth-order valence-electron chi connectivity index (χ4n) is 8.19. The standard InChI is InChI=1S/C30H35F2NO6/c1-3-4-27-38-26-12-19-20(29(26,39-27)25(36)15-37-18-7-5-16(33)6-8-18)14-24(35)30(32)21(19)13-23(31)22-11-17(34)9-10-28(22,30)2/h5-11,19-21,23-24,26-27,35H,3-4,12-15,33H2,1-2H3/t19-,20?,21+,23+,24+,26-,27?,28+,29-,30+/m1/s1. The highest BCUT2D eigenvalue weighted by Crippen LogP contribution is 2.68. The minimum atomic E-state index is -2.22. The first-order chi connectivity index (χ1) is 18.5. The van der Waals surface area contributed by atoms with E-state index >= 15 is 8.78 Å². The van der Waals surface area contributed by atoms with Gasteiger partial charge in [0.05, 0.1) is 12.2 Å². The Kier molecular flexibility index (Phi) is 6.28. The number of Topliss-reactive ketones (excluding diaryl/α,β-unsaturated/α-hetero) is 1. The first-order valence-electron chi connectivity index (χ1n) is 13.9. The predicted octanol–water partition coefficient (Wildman–Crippen LogP) is 4.04. The molecular weight excluding hydrogens is 508 g/mol. The predicted molar refractivity (Wildman–Crippen MR) is 138 cm³/mol. The first kappa shape index (κ1) is 26.6. The summed E-state index contributed by atoms with van der Waals surface area (Å²) in [4.78, 5) is 26.0. The van der Waals surface area contributed by atoms with E-state index in [1.54, 1.807) is 31.2 Å². The Morgan fingerprint density at radius 1 is 1.21 bits per heavy atom. The molecule has 9 heteroatoms. The van der Waals surface area contributed by atoms with Gasteiger partial charge in [0, 0.05) is 22.9 Å². The van der Waals surface area contributed by atoms with Crippen molar-refractivity contribution in [3.05, 3.63) is 48.1 Å². The molecule has 7 nitrogen and oxygen atoms in total. The number of ketones is 2. The van der Waals surface area contributed by atoms with Crippen molar-refractivity contribution >= 4 is 17.3 Å². The molecular formula is C30H35F2NO6. The van der Waals surface area contributed by atoms with Crippen molar-refractivity contribution in [2.45, 2.75) is 81.9 Å². The van der Waals surface area contributed by atoms with Crippen LogP contribution in [0.15, 0.2) is 48.1 Å². The lowest BCUT2D eigenvalue weighted by molar-refractivity contribution is -0.207. The number of fused-ring (bicyclic) bond motifs is 7. The van der Waals surface area contributed by atoms with Gasteiger partial charge in [0.25, 0.3) is 0 Å². The minimum absolute atomic E-state index is 0.0500. The summed E-state index contributed by atoms with van der Waals surface area (Å²) in [6.45, 7) is 3.25. The number of allylic oxidation sites excluding steroid dienone is 4. The molecule has 0 amide bonds. The zero-order chi connectivity index (χ0) is 27.7. The smallest absolute Gasteiger partial charge is 0.204 e. The topological polar surface area (TPSA) is 108 Å². The van der Waals surface area contributed by atoms with Crippen LogP contribution in [-0.2, 0) is 19.1 Å². The highest BCUT2D eigenvalue weighted by Gasteiger charge is 2.75. The summed E-state index contributed by atoms with van der Waals surface area (Å²) < 4.78 is 51.5. The first-order valence-corrected chi connectivity index (χ1v) is 13.9. The number of hydrogen-bond acceptors (Lipinski definition) is 7. The van der Waals surface area contributed by atoms with Gasteiger partial charge >= 0.3 is 0 Å². The molecule has 1 aromatic rings. The van der Waals surface area contributed by atoms with Crippen molar-refractivity contribution in [1.82, 2.24) is 0 Å². The van der Waals surface area contributed by atoms with Gasteiger partial charge in [0.1, 0.15) is 18.5 Å². The second-order valence-corrected chi connectivity index (χ2v) is 11.9. The lowest BCUT2D eigenvalue weighted by atomic mass is 9.47. The molecule has 1 saturated heterocycles. The molecule has 10 atom stereocenters. The number of halogens is 2. The van der Waals surface area contributed by atoms with Crippen LogP contribution in [0.2, 0.25) is 0 Å². The van der Waals surface area contributed by atoms with E-state index in [9.17, 15) is 14.7 Å². The Bertz CT molecular complexity index is 1230. The molecule has 0 spiro atoms. The van der Waals surface area contributed by atoms with Gasteiger partial charge in [0.15, 0.2) is 23.3 Å². The van der Waals surface area contributed by atoms with Crippen LogP contribution in [0.4, 0.5) is 14.5 Å². The Labute approximate surface area is 226 Å². The summed E-state index contributed by atoms with van der Waals surface area (Å²) in [5, 5.41) is 11.5. The molecule has 4 fully saturated rings. The molecule has 0 aromatic heterocycles. The van der Waals surface area contributed by atoms with Gasteiger partial charge in [-0.1, -0.05) is 19.4 Å². The van der Waals surface area contributed by atoms with E-state index in [0.29, 0.717) is 24.3 Å². The number of ether oxygens (including phenoxy) is 3. The molecule has 0 radical (unpaired) electrons. The van der Waals surface area contributed by atoms with Gasteiger partial charge in [0.2, 0.25) is 5.78 Å². The number of benzene rings is 1. The zero-order valence-electron chi connectivity index (χ0n) is 22.1. The fraction of sp³-hybridized carbons (Fsp3) is 0.600. The summed E-state index contributed by atoms with van der Waals surface area (Å²) in [7, 11) is 0. The molecule has 3 N–H and O–H groups in total. The second kappa shape index (κ2) is 9.21. The lowest BCUT2D eigenvalue weighted by Crippen LogP contribution is -2.68. The Hall–Kier alpha value is -2.62. The highest BCUT2D eigenvalue weighted by molar-refractivity contribution is 6.01. The van der Waals surface area contributed by atoms with Crippen molar-refractivity contribution in [2.24, 2.45) is 23.2 Å². The molecule has 0 bridgehead atoms. The number of nitrogen functional groups attached to an aromatic ring is 1. The van der Waals surface area contributed by atoms with Crippen LogP contribution in [0.5, 0.6) is 5.75 Å². The van der Waals surface area contributed by atoms with E-state index < -0.39 is 59.1 Å². The normalized spacial score (nSPS) is 44.2. The minimum Gasteiger partial charge on any atom is -0.486 e. The monoisotopic (exact) mass is 543 g/mol. The van der Waals surface area contributed by atoms with Crippen LogP contribution in [0.1, 0.15) is 46.0 Å². The van der Waals surface area contributed by atoms with Crippen LogP contribution in [0, 0.1) is 23.2 Å². The van der Waals surface area contributed by atoms with Gasteiger partial charge in [-0.15, -0.1) is 0 Å². The Balaban J connectivity index is 1.35. The number of hydrogen-bond donors (Lipinski definition) is 2. The van der Waals surface area contributed by atoms with E-state index in [2.05, 4.69) is 0 Å². The average Bonchev–Trinajstić information content (AvgIpc) is 3.40. The Morgan fingerprint density at radius 2 is 1.95 bits per heavy atom. The Morgan fingerprint density at radius 3 is 2.67 bits per heavy atom. The van der Waals surface area contributed by atoms with Crippen molar-refractivity contribution in [1.29, 1.82) is 0 Å². The SMILES string of the molecule is CCCC1O[C@@H]2C[C@@H]3C(C[C@H](O)[C@@]4(F)[C@H]3C[C@H](F)C3=CC(=O)C=C[C@@]34C)[C@]2(C(=O)COc2ccc(N)cc2)O1. The van der Waals surface area contributed by atoms with Crippen LogP contribution in [0.25, 0.3) is 0 Å². The molecule has 1 aliphatic heterocycles. The van der Waals surface area contributed by atoms with E-state index in [-0.39, 0.29) is 36.6 Å². The molecule has 210 valence electrons. The maximum atomic E-state index is 17.3. The maximum Gasteiger partial charge on any atom is 0.204 e. The van der Waals surface area contributed by atoms with Crippen molar-refractivity contribution in [3.63, 3.8) is 0 Å². The van der Waals surface area contributed by atoms with Gasteiger partial charge in [-0.3, -0.25) is 9.59 Å². The van der Waals surface area contributed by atoms with Gasteiger partial charge in [-0.25, -0.2) is 8.78 Å². The van der Waals surface area contributed by atoms with E-state index in [1.165, 1.54) is 18.2 Å². The molecule has 4 aliphatic carbocycles. The number of anilines is 1. The molecule has 1 aromatic carbocycles. The summed E-state index contributed by atoms with van der Waals surface area (Å²) in [5.41, 5.74) is 1.26. The number of nitrogens with two attached hydrogens (primary N) is 1. The van der Waals surface area contributed by atoms with Crippen LogP contribution in [-0.4, -0.2) is 59.2 Å². The quantitative estimate of drug-likeness (QED) is 0.522. The van der Waals surface area contributed by atoms with E-state index in [4.69, 9.17) is 19.9 Å².